The third-order valence-corrected chi connectivity index (χ3v) is 7.57. The van der Waals surface area contributed by atoms with Crippen LogP contribution < -0.4 is 11.5 Å². The van der Waals surface area contributed by atoms with Gasteiger partial charge in [0, 0.05) is 51.4 Å². The molecule has 0 bridgehead atoms. The van der Waals surface area contributed by atoms with Crippen LogP contribution >= 0.6 is 0 Å². The number of aromatic nitrogens is 1. The molecule has 3 rings (SSSR count). The number of nitrogens with zero attached hydrogens (tertiary/aromatic N) is 3. The van der Waals surface area contributed by atoms with Crippen molar-refractivity contribution in [2.24, 2.45) is 24.4 Å². The SMILES string of the molecule is CN(Cc1ccc(C(N)=O)cc1)C(=O)C1CCN(S(=O)(=O)c2cc(C(N)=O)n(C)c2)CC1. The van der Waals surface area contributed by atoms with E-state index in [4.69, 9.17) is 11.5 Å². The van der Waals surface area contributed by atoms with E-state index >= 15 is 0 Å². The summed E-state index contributed by atoms with van der Waals surface area (Å²) < 4.78 is 28.6. The van der Waals surface area contributed by atoms with Gasteiger partial charge in [0.15, 0.2) is 0 Å². The molecule has 11 heteroatoms. The van der Waals surface area contributed by atoms with E-state index in [0.717, 1.165) is 5.56 Å². The Bertz CT molecular complexity index is 1130. The van der Waals surface area contributed by atoms with Crippen LogP contribution in [0.1, 0.15) is 39.3 Å². The molecule has 2 aromatic rings. The maximum atomic E-state index is 12.9. The molecular weight excluding hydrogens is 434 g/mol. The number of piperidine rings is 1. The van der Waals surface area contributed by atoms with Crippen molar-refractivity contribution < 1.29 is 22.8 Å². The number of hydrogen-bond donors (Lipinski definition) is 2. The monoisotopic (exact) mass is 461 g/mol. The first-order valence-electron chi connectivity index (χ1n) is 10.1. The van der Waals surface area contributed by atoms with Gasteiger partial charge in [0.25, 0.3) is 5.91 Å². The van der Waals surface area contributed by atoms with Gasteiger partial charge in [-0.15, -0.1) is 0 Å². The number of carbonyl (C=O) groups is 3. The van der Waals surface area contributed by atoms with Crippen molar-refractivity contribution in [3.63, 3.8) is 0 Å². The highest BCUT2D eigenvalue weighted by molar-refractivity contribution is 7.89. The number of carbonyl (C=O) groups excluding carboxylic acids is 3. The van der Waals surface area contributed by atoms with Crippen molar-refractivity contribution in [1.82, 2.24) is 13.8 Å². The van der Waals surface area contributed by atoms with Crippen LogP contribution in [0.15, 0.2) is 41.4 Å². The molecule has 32 heavy (non-hydrogen) atoms. The maximum Gasteiger partial charge on any atom is 0.265 e. The van der Waals surface area contributed by atoms with E-state index < -0.39 is 21.8 Å². The molecule has 10 nitrogen and oxygen atoms in total. The number of primary amides is 2. The second-order valence-corrected chi connectivity index (χ2v) is 9.91. The second kappa shape index (κ2) is 9.13. The second-order valence-electron chi connectivity index (χ2n) is 7.97. The lowest BCUT2D eigenvalue weighted by atomic mass is 9.96. The van der Waals surface area contributed by atoms with Gasteiger partial charge in [0.05, 0.1) is 0 Å². The Kier molecular flexibility index (Phi) is 6.70. The van der Waals surface area contributed by atoms with Crippen molar-refractivity contribution in [3.05, 3.63) is 53.3 Å². The fourth-order valence-electron chi connectivity index (χ4n) is 3.85. The zero-order chi connectivity index (χ0) is 23.6. The summed E-state index contributed by atoms with van der Waals surface area (Å²) in [5, 5.41) is 0. The Morgan fingerprint density at radius 3 is 2.16 bits per heavy atom. The summed E-state index contributed by atoms with van der Waals surface area (Å²) >= 11 is 0. The number of rotatable bonds is 7. The van der Waals surface area contributed by atoms with E-state index in [0.29, 0.717) is 24.9 Å². The van der Waals surface area contributed by atoms with Crippen LogP contribution in [0, 0.1) is 5.92 Å². The van der Waals surface area contributed by atoms with Crippen LogP contribution in [0.2, 0.25) is 0 Å². The van der Waals surface area contributed by atoms with Gasteiger partial charge in [-0.05, 0) is 36.6 Å². The third-order valence-electron chi connectivity index (χ3n) is 5.71. The summed E-state index contributed by atoms with van der Waals surface area (Å²) in [7, 11) is -0.530. The predicted octanol–water partition coefficient (Wildman–Crippen LogP) is 0.282. The van der Waals surface area contributed by atoms with Gasteiger partial charge < -0.3 is 20.9 Å². The molecule has 4 N–H and O–H groups in total. The lowest BCUT2D eigenvalue weighted by molar-refractivity contribution is -0.135. The largest absolute Gasteiger partial charge is 0.366 e. The number of aryl methyl sites for hydroxylation is 1. The minimum absolute atomic E-state index is 0.00935. The molecule has 172 valence electrons. The number of benzene rings is 1. The lowest BCUT2D eigenvalue weighted by Gasteiger charge is -2.32. The molecule has 0 spiro atoms. The highest BCUT2D eigenvalue weighted by atomic mass is 32.2. The molecular formula is C21H27N5O5S. The Morgan fingerprint density at radius 1 is 1.06 bits per heavy atom. The van der Waals surface area contributed by atoms with Gasteiger partial charge in [-0.25, -0.2) is 8.42 Å². The topological polar surface area (TPSA) is 149 Å². The van der Waals surface area contributed by atoms with Crippen LogP contribution in [-0.4, -0.2) is 60.0 Å². The molecule has 0 radical (unpaired) electrons. The molecule has 1 aromatic heterocycles. The number of amides is 3. The highest BCUT2D eigenvalue weighted by Crippen LogP contribution is 2.26. The van der Waals surface area contributed by atoms with E-state index in [-0.39, 0.29) is 35.5 Å². The molecule has 3 amide bonds. The van der Waals surface area contributed by atoms with Crippen molar-refractivity contribution in [2.45, 2.75) is 24.3 Å². The summed E-state index contributed by atoms with van der Waals surface area (Å²) in [6.07, 6.45) is 2.17. The first kappa shape index (κ1) is 23.5. The lowest BCUT2D eigenvalue weighted by Crippen LogP contribution is -2.43. The average molecular weight is 462 g/mol. The molecule has 0 unspecified atom stereocenters. The summed E-state index contributed by atoms with van der Waals surface area (Å²) in [6.45, 7) is 0.789. The van der Waals surface area contributed by atoms with E-state index in [1.807, 2.05) is 0 Å². The van der Waals surface area contributed by atoms with Gasteiger partial charge in [0.2, 0.25) is 21.8 Å². The Hall–Kier alpha value is -3.18. The van der Waals surface area contributed by atoms with Crippen molar-refractivity contribution in [1.29, 1.82) is 0 Å². The zero-order valence-corrected chi connectivity index (χ0v) is 18.8. The van der Waals surface area contributed by atoms with Gasteiger partial charge >= 0.3 is 0 Å². The molecule has 1 aromatic carbocycles. The number of nitrogens with two attached hydrogens (primary N) is 2. The standard InChI is InChI=1S/C21H27N5O5S/c1-24-13-17(11-18(24)20(23)28)32(30,31)26-9-7-16(8-10-26)21(29)25(2)12-14-3-5-15(6-4-14)19(22)27/h3-6,11,13,16H,7-10,12H2,1-2H3,(H2,22,27)(H2,23,28). The smallest absolute Gasteiger partial charge is 0.265 e. The van der Waals surface area contributed by atoms with Crippen LogP contribution in [-0.2, 0) is 28.4 Å². The third kappa shape index (κ3) is 4.83. The Morgan fingerprint density at radius 2 is 1.66 bits per heavy atom. The summed E-state index contributed by atoms with van der Waals surface area (Å²) in [5.74, 6) is -1.56. The molecule has 0 saturated carbocycles. The van der Waals surface area contributed by atoms with Crippen LogP contribution in [0.25, 0.3) is 0 Å². The molecule has 1 fully saturated rings. The first-order chi connectivity index (χ1) is 15.0. The number of hydrogen-bond acceptors (Lipinski definition) is 5. The highest BCUT2D eigenvalue weighted by Gasteiger charge is 2.34. The average Bonchev–Trinajstić information content (AvgIpc) is 3.16. The minimum Gasteiger partial charge on any atom is -0.366 e. The van der Waals surface area contributed by atoms with E-state index in [9.17, 15) is 22.8 Å². The minimum atomic E-state index is -3.78. The van der Waals surface area contributed by atoms with E-state index in [1.54, 1.807) is 43.3 Å². The van der Waals surface area contributed by atoms with Crippen molar-refractivity contribution >= 4 is 27.7 Å². The zero-order valence-electron chi connectivity index (χ0n) is 18.0. The van der Waals surface area contributed by atoms with Crippen molar-refractivity contribution in [3.8, 4) is 0 Å². The van der Waals surface area contributed by atoms with Gasteiger partial charge in [-0.2, -0.15) is 4.31 Å². The fraction of sp³-hybridized carbons (Fsp3) is 0.381. The maximum absolute atomic E-state index is 12.9. The summed E-state index contributed by atoms with van der Waals surface area (Å²) in [6, 6.07) is 8.00. The summed E-state index contributed by atoms with van der Waals surface area (Å²) in [4.78, 5) is 37.1. The van der Waals surface area contributed by atoms with Crippen LogP contribution in [0.5, 0.6) is 0 Å². The van der Waals surface area contributed by atoms with Gasteiger partial charge in [0.1, 0.15) is 10.6 Å². The molecule has 1 aliphatic rings. The Balaban J connectivity index is 1.60. The van der Waals surface area contributed by atoms with Crippen LogP contribution in [0.3, 0.4) is 0 Å². The van der Waals surface area contributed by atoms with Crippen molar-refractivity contribution in [2.75, 3.05) is 20.1 Å². The fourth-order valence-corrected chi connectivity index (χ4v) is 5.39. The predicted molar refractivity (Wildman–Crippen MR) is 117 cm³/mol. The first-order valence-corrected chi connectivity index (χ1v) is 11.5. The molecule has 1 saturated heterocycles. The quantitative estimate of drug-likeness (QED) is 0.607. The van der Waals surface area contributed by atoms with Crippen LogP contribution in [0.4, 0.5) is 0 Å². The normalized spacial score (nSPS) is 15.4. The van der Waals surface area contributed by atoms with E-state index in [1.165, 1.54) is 21.1 Å². The molecule has 2 heterocycles. The van der Waals surface area contributed by atoms with Gasteiger partial charge in [-0.3, -0.25) is 14.4 Å². The summed E-state index contributed by atoms with van der Waals surface area (Å²) in [5.41, 5.74) is 11.9. The molecule has 1 aliphatic heterocycles. The Labute approximate surface area is 186 Å². The molecule has 0 atom stereocenters. The number of sulfonamides is 1. The van der Waals surface area contributed by atoms with Gasteiger partial charge in [-0.1, -0.05) is 12.1 Å². The molecule has 0 aliphatic carbocycles. The van der Waals surface area contributed by atoms with E-state index in [2.05, 4.69) is 0 Å².